The number of benzene rings is 1. The molecule has 1 aliphatic carbocycles. The minimum atomic E-state index is -4.03. The number of nitrogens with one attached hydrogen (secondary N) is 2. The largest absolute Gasteiger partial charge is 0.444 e. The van der Waals surface area contributed by atoms with E-state index in [2.05, 4.69) is 21.2 Å². The van der Waals surface area contributed by atoms with Gasteiger partial charge in [0.1, 0.15) is 11.6 Å². The minimum Gasteiger partial charge on any atom is -0.444 e. The van der Waals surface area contributed by atoms with E-state index in [1.165, 1.54) is 12.1 Å². The maximum atomic E-state index is 12.5. The number of carbonyl (C=O) groups is 2. The van der Waals surface area contributed by atoms with Gasteiger partial charge in [-0.3, -0.25) is 4.79 Å². The predicted molar refractivity (Wildman–Crippen MR) is 100.0 cm³/mol. The monoisotopic (exact) mass is 446 g/mol. The standard InChI is InChI=1S/C17H23BrN2O5S/c1-17(2,3)25-16(22)19-14(9-11-7-8-11)15(21)20-26(23,24)13-6-4-5-12(18)10-13/h4-6,10-11,14H,7-9H2,1-3H3,(H,19,22)(H,20,21)/t14-/m0/s1. The van der Waals surface area contributed by atoms with Gasteiger partial charge >= 0.3 is 6.09 Å². The second-order valence-electron chi connectivity index (χ2n) is 7.31. The van der Waals surface area contributed by atoms with Crippen LogP contribution in [0.15, 0.2) is 33.6 Å². The Morgan fingerprint density at radius 1 is 1.31 bits per heavy atom. The lowest BCUT2D eigenvalue weighted by Gasteiger charge is -2.23. The summed E-state index contributed by atoms with van der Waals surface area (Å²) in [7, 11) is -4.03. The molecule has 2 N–H and O–H groups in total. The normalized spacial score (nSPS) is 15.8. The zero-order valence-electron chi connectivity index (χ0n) is 14.9. The Morgan fingerprint density at radius 3 is 2.50 bits per heavy atom. The van der Waals surface area contributed by atoms with Crippen LogP contribution in [-0.2, 0) is 19.6 Å². The molecule has 0 heterocycles. The maximum Gasteiger partial charge on any atom is 0.408 e. The van der Waals surface area contributed by atoms with Crippen LogP contribution in [0.25, 0.3) is 0 Å². The lowest BCUT2D eigenvalue weighted by atomic mass is 10.1. The molecule has 0 aliphatic heterocycles. The van der Waals surface area contributed by atoms with Crippen molar-refractivity contribution >= 4 is 38.0 Å². The zero-order chi connectivity index (χ0) is 19.5. The highest BCUT2D eigenvalue weighted by Gasteiger charge is 2.33. The average molecular weight is 447 g/mol. The summed E-state index contributed by atoms with van der Waals surface area (Å²) in [4.78, 5) is 24.5. The number of carbonyl (C=O) groups excluding carboxylic acids is 2. The third-order valence-corrected chi connectivity index (χ3v) is 5.45. The van der Waals surface area contributed by atoms with E-state index < -0.39 is 33.7 Å². The summed E-state index contributed by atoms with van der Waals surface area (Å²) in [5.74, 6) is -0.475. The molecular formula is C17H23BrN2O5S. The molecule has 2 amide bonds. The number of sulfonamides is 1. The van der Waals surface area contributed by atoms with Gasteiger partial charge in [-0.1, -0.05) is 34.8 Å². The first-order chi connectivity index (χ1) is 12.0. The van der Waals surface area contributed by atoms with Gasteiger partial charge in [-0.25, -0.2) is 17.9 Å². The van der Waals surface area contributed by atoms with Crippen LogP contribution in [0.1, 0.15) is 40.0 Å². The molecule has 1 fully saturated rings. The van der Waals surface area contributed by atoms with E-state index in [4.69, 9.17) is 4.74 Å². The fraction of sp³-hybridized carbons (Fsp3) is 0.529. The molecule has 1 aromatic carbocycles. The molecule has 26 heavy (non-hydrogen) atoms. The van der Waals surface area contributed by atoms with Crippen molar-refractivity contribution in [3.63, 3.8) is 0 Å². The van der Waals surface area contributed by atoms with Gasteiger partial charge in [0.15, 0.2) is 0 Å². The molecule has 1 atom stereocenters. The lowest BCUT2D eigenvalue weighted by molar-refractivity contribution is -0.121. The van der Waals surface area contributed by atoms with E-state index in [0.29, 0.717) is 16.8 Å². The number of halogens is 1. The molecule has 9 heteroatoms. The molecule has 1 aliphatic rings. The summed E-state index contributed by atoms with van der Waals surface area (Å²) in [6.07, 6.45) is 1.54. The number of rotatable bonds is 6. The summed E-state index contributed by atoms with van der Waals surface area (Å²) in [5.41, 5.74) is -0.715. The summed E-state index contributed by atoms with van der Waals surface area (Å²) >= 11 is 3.20. The van der Waals surface area contributed by atoms with Crippen molar-refractivity contribution in [2.75, 3.05) is 0 Å². The van der Waals surface area contributed by atoms with E-state index in [-0.39, 0.29) is 4.90 Å². The van der Waals surface area contributed by atoms with E-state index in [0.717, 1.165) is 12.8 Å². The van der Waals surface area contributed by atoms with E-state index >= 15 is 0 Å². The molecule has 2 rings (SSSR count). The Balaban J connectivity index is 2.09. The van der Waals surface area contributed by atoms with Gasteiger partial charge in [0.05, 0.1) is 4.90 Å². The van der Waals surface area contributed by atoms with E-state index in [9.17, 15) is 18.0 Å². The fourth-order valence-corrected chi connectivity index (χ4v) is 3.88. The molecule has 144 valence electrons. The Bertz CT molecular complexity index is 785. The zero-order valence-corrected chi connectivity index (χ0v) is 17.3. The molecule has 0 aromatic heterocycles. The van der Waals surface area contributed by atoms with Crippen LogP contribution in [0, 0.1) is 5.92 Å². The third kappa shape index (κ3) is 6.60. The number of amides is 2. The smallest absolute Gasteiger partial charge is 0.408 e. The van der Waals surface area contributed by atoms with Crippen molar-refractivity contribution < 1.29 is 22.7 Å². The van der Waals surface area contributed by atoms with Crippen LogP contribution < -0.4 is 10.0 Å². The lowest BCUT2D eigenvalue weighted by Crippen LogP contribution is -2.49. The van der Waals surface area contributed by atoms with E-state index in [1.54, 1.807) is 32.9 Å². The van der Waals surface area contributed by atoms with Crippen molar-refractivity contribution in [2.45, 2.75) is 56.6 Å². The molecule has 0 spiro atoms. The summed E-state index contributed by atoms with van der Waals surface area (Å²) in [5, 5.41) is 2.48. The third-order valence-electron chi connectivity index (χ3n) is 3.61. The van der Waals surface area contributed by atoms with Crippen LogP contribution in [0.4, 0.5) is 4.79 Å². The predicted octanol–water partition coefficient (Wildman–Crippen LogP) is 2.95. The van der Waals surface area contributed by atoms with Crippen LogP contribution in [0.3, 0.4) is 0 Å². The molecule has 0 bridgehead atoms. The topological polar surface area (TPSA) is 102 Å². The van der Waals surface area contributed by atoms with Crippen molar-refractivity contribution in [3.05, 3.63) is 28.7 Å². The SMILES string of the molecule is CC(C)(C)OC(=O)N[C@@H](CC1CC1)C(=O)NS(=O)(=O)c1cccc(Br)c1. The first-order valence-corrected chi connectivity index (χ1v) is 10.6. The molecule has 7 nitrogen and oxygen atoms in total. The maximum absolute atomic E-state index is 12.5. The summed E-state index contributed by atoms with van der Waals surface area (Å²) < 4.78 is 32.6. The highest BCUT2D eigenvalue weighted by Crippen LogP contribution is 2.33. The molecule has 1 saturated carbocycles. The van der Waals surface area contributed by atoms with Gasteiger partial charge in [0, 0.05) is 4.47 Å². The Kier molecular flexibility index (Phi) is 6.33. The van der Waals surface area contributed by atoms with Crippen molar-refractivity contribution in [3.8, 4) is 0 Å². The summed E-state index contributed by atoms with van der Waals surface area (Å²) in [6.45, 7) is 5.13. The minimum absolute atomic E-state index is 0.0392. The highest BCUT2D eigenvalue weighted by molar-refractivity contribution is 9.10. The second-order valence-corrected chi connectivity index (χ2v) is 9.90. The van der Waals surface area contributed by atoms with Gasteiger partial charge in [-0.15, -0.1) is 0 Å². The number of hydrogen-bond acceptors (Lipinski definition) is 5. The first-order valence-electron chi connectivity index (χ1n) is 8.28. The fourth-order valence-electron chi connectivity index (χ4n) is 2.26. The van der Waals surface area contributed by atoms with Gasteiger partial charge in [-0.05, 0) is 51.3 Å². The molecule has 0 saturated heterocycles. The van der Waals surface area contributed by atoms with Crippen molar-refractivity contribution in [1.29, 1.82) is 0 Å². The Hall–Kier alpha value is -1.61. The molecular weight excluding hydrogens is 424 g/mol. The molecule has 1 aromatic rings. The highest BCUT2D eigenvalue weighted by atomic mass is 79.9. The van der Waals surface area contributed by atoms with Crippen LogP contribution in [0.5, 0.6) is 0 Å². The van der Waals surface area contributed by atoms with Gasteiger partial charge in [-0.2, -0.15) is 0 Å². The first kappa shape index (κ1) is 20.7. The van der Waals surface area contributed by atoms with Gasteiger partial charge in [0.25, 0.3) is 15.9 Å². The Labute approximate surface area is 162 Å². The van der Waals surface area contributed by atoms with Crippen LogP contribution in [0.2, 0.25) is 0 Å². The van der Waals surface area contributed by atoms with Crippen LogP contribution in [-0.4, -0.2) is 32.1 Å². The number of ether oxygens (including phenoxy) is 1. The van der Waals surface area contributed by atoms with Gasteiger partial charge in [0.2, 0.25) is 0 Å². The summed E-state index contributed by atoms with van der Waals surface area (Å²) in [6, 6.07) is 5.05. The van der Waals surface area contributed by atoms with E-state index in [1.807, 2.05) is 4.72 Å². The molecule has 0 radical (unpaired) electrons. The average Bonchev–Trinajstić information content (AvgIpc) is 3.28. The molecule has 0 unspecified atom stereocenters. The van der Waals surface area contributed by atoms with Crippen molar-refractivity contribution in [2.24, 2.45) is 5.92 Å². The van der Waals surface area contributed by atoms with Gasteiger partial charge < -0.3 is 10.1 Å². The Morgan fingerprint density at radius 2 is 1.96 bits per heavy atom. The quantitative estimate of drug-likeness (QED) is 0.698. The van der Waals surface area contributed by atoms with Crippen molar-refractivity contribution in [1.82, 2.24) is 10.0 Å². The number of alkyl carbamates (subject to hydrolysis) is 1. The second kappa shape index (κ2) is 7.96. The number of hydrogen-bond donors (Lipinski definition) is 2. The van der Waals surface area contributed by atoms with Crippen LogP contribution >= 0.6 is 15.9 Å².